The zero-order valence-electron chi connectivity index (χ0n) is 9.42. The largest absolute Gasteiger partial charge is 0.370 e. The van der Waals surface area contributed by atoms with Crippen molar-refractivity contribution in [1.82, 2.24) is 5.32 Å². The van der Waals surface area contributed by atoms with Crippen LogP contribution in [0.15, 0.2) is 27.7 Å². The number of rotatable bonds is 4. The molecule has 1 saturated carbocycles. The highest BCUT2D eigenvalue weighted by Crippen LogP contribution is 2.18. The quantitative estimate of drug-likeness (QED) is 0.661. The first-order chi connectivity index (χ1) is 8.15. The monoisotopic (exact) mass is 299 g/mol. The van der Waals surface area contributed by atoms with Gasteiger partial charge in [-0.2, -0.15) is 0 Å². The SMILES string of the molecule is NC(=NCCc1cc(Br)ccc1F)NC1CC1. The Morgan fingerprint density at radius 2 is 2.29 bits per heavy atom. The summed E-state index contributed by atoms with van der Waals surface area (Å²) in [7, 11) is 0. The van der Waals surface area contributed by atoms with Gasteiger partial charge in [-0.3, -0.25) is 4.99 Å². The Balaban J connectivity index is 1.86. The van der Waals surface area contributed by atoms with Crippen LogP contribution in [-0.2, 0) is 6.42 Å². The average molecular weight is 300 g/mol. The van der Waals surface area contributed by atoms with E-state index in [1.165, 1.54) is 6.07 Å². The number of nitrogens with zero attached hydrogens (tertiary/aromatic N) is 1. The normalized spacial score (nSPS) is 16.0. The zero-order valence-corrected chi connectivity index (χ0v) is 11.0. The van der Waals surface area contributed by atoms with Crippen molar-refractivity contribution in [2.75, 3.05) is 6.54 Å². The number of aliphatic imine (C=N–C) groups is 1. The van der Waals surface area contributed by atoms with Crippen molar-refractivity contribution in [3.8, 4) is 0 Å². The summed E-state index contributed by atoms with van der Waals surface area (Å²) in [6.07, 6.45) is 2.88. The van der Waals surface area contributed by atoms with E-state index in [0.717, 1.165) is 17.3 Å². The van der Waals surface area contributed by atoms with Crippen LogP contribution in [0.25, 0.3) is 0 Å². The Labute approximate surface area is 108 Å². The maximum Gasteiger partial charge on any atom is 0.188 e. The Morgan fingerprint density at radius 1 is 1.53 bits per heavy atom. The second-order valence-electron chi connectivity index (χ2n) is 4.17. The Kier molecular flexibility index (Phi) is 3.99. The molecular formula is C12H15BrFN3. The number of nitrogens with one attached hydrogen (secondary N) is 1. The number of hydrogen-bond acceptors (Lipinski definition) is 1. The third-order valence-electron chi connectivity index (χ3n) is 2.60. The fourth-order valence-corrected chi connectivity index (χ4v) is 1.92. The van der Waals surface area contributed by atoms with Crippen LogP contribution < -0.4 is 11.1 Å². The van der Waals surface area contributed by atoms with Crippen LogP contribution in [0.2, 0.25) is 0 Å². The zero-order chi connectivity index (χ0) is 12.3. The Morgan fingerprint density at radius 3 is 3.00 bits per heavy atom. The predicted octanol–water partition coefficient (Wildman–Crippen LogP) is 2.20. The summed E-state index contributed by atoms with van der Waals surface area (Å²) in [5, 5.41) is 3.09. The number of hydrogen-bond donors (Lipinski definition) is 2. The molecule has 0 spiro atoms. The second-order valence-corrected chi connectivity index (χ2v) is 5.09. The molecule has 0 heterocycles. The standard InChI is InChI=1S/C12H15BrFN3/c13-9-1-4-11(14)8(7-9)5-6-16-12(15)17-10-2-3-10/h1,4,7,10H,2-3,5-6H2,(H3,15,16,17). The van der Waals surface area contributed by atoms with E-state index in [2.05, 4.69) is 26.2 Å². The van der Waals surface area contributed by atoms with Crippen LogP contribution in [0.4, 0.5) is 4.39 Å². The summed E-state index contributed by atoms with van der Waals surface area (Å²) in [5.41, 5.74) is 6.34. The third kappa shape index (κ3) is 4.00. The van der Waals surface area contributed by atoms with E-state index in [0.29, 0.717) is 30.5 Å². The second kappa shape index (κ2) is 5.49. The maximum absolute atomic E-state index is 13.4. The van der Waals surface area contributed by atoms with Crippen molar-refractivity contribution in [3.05, 3.63) is 34.1 Å². The van der Waals surface area contributed by atoms with Gasteiger partial charge in [0.2, 0.25) is 0 Å². The molecule has 0 radical (unpaired) electrons. The van der Waals surface area contributed by atoms with Gasteiger partial charge < -0.3 is 11.1 Å². The lowest BCUT2D eigenvalue weighted by Gasteiger charge is -2.04. The number of guanidine groups is 1. The molecule has 2 rings (SSSR count). The van der Waals surface area contributed by atoms with E-state index < -0.39 is 0 Å². The molecule has 1 fully saturated rings. The van der Waals surface area contributed by atoms with Crippen molar-refractivity contribution in [1.29, 1.82) is 0 Å². The summed E-state index contributed by atoms with van der Waals surface area (Å²) >= 11 is 3.32. The van der Waals surface area contributed by atoms with Crippen LogP contribution >= 0.6 is 15.9 Å². The lowest BCUT2D eigenvalue weighted by molar-refractivity contribution is 0.609. The van der Waals surface area contributed by atoms with Crippen LogP contribution in [0.5, 0.6) is 0 Å². The molecule has 3 nitrogen and oxygen atoms in total. The number of benzene rings is 1. The van der Waals surface area contributed by atoms with Crippen molar-refractivity contribution < 1.29 is 4.39 Å². The highest BCUT2D eigenvalue weighted by atomic mass is 79.9. The van der Waals surface area contributed by atoms with Gasteiger partial charge >= 0.3 is 0 Å². The van der Waals surface area contributed by atoms with Crippen LogP contribution in [-0.4, -0.2) is 18.5 Å². The third-order valence-corrected chi connectivity index (χ3v) is 3.09. The molecule has 0 aromatic heterocycles. The minimum absolute atomic E-state index is 0.197. The average Bonchev–Trinajstić information content (AvgIpc) is 3.07. The van der Waals surface area contributed by atoms with Gasteiger partial charge in [-0.15, -0.1) is 0 Å². The van der Waals surface area contributed by atoms with Crippen LogP contribution in [0, 0.1) is 5.82 Å². The molecule has 5 heteroatoms. The van der Waals surface area contributed by atoms with E-state index in [4.69, 9.17) is 5.73 Å². The molecule has 0 aliphatic heterocycles. The minimum atomic E-state index is -0.197. The predicted molar refractivity (Wildman–Crippen MR) is 70.5 cm³/mol. The van der Waals surface area contributed by atoms with E-state index in [9.17, 15) is 4.39 Å². The summed E-state index contributed by atoms with van der Waals surface area (Å²) < 4.78 is 14.3. The highest BCUT2D eigenvalue weighted by Gasteiger charge is 2.21. The van der Waals surface area contributed by atoms with Gasteiger partial charge in [-0.1, -0.05) is 15.9 Å². The number of nitrogens with two attached hydrogens (primary N) is 1. The Bertz CT molecular complexity index is 430. The first kappa shape index (κ1) is 12.4. The van der Waals surface area contributed by atoms with Gasteiger partial charge in [0.1, 0.15) is 5.82 Å². The van der Waals surface area contributed by atoms with Crippen LogP contribution in [0.3, 0.4) is 0 Å². The fourth-order valence-electron chi connectivity index (χ4n) is 1.51. The number of halogens is 2. The Hall–Kier alpha value is -1.10. The first-order valence-electron chi connectivity index (χ1n) is 5.65. The van der Waals surface area contributed by atoms with Crippen LogP contribution in [0.1, 0.15) is 18.4 Å². The molecule has 0 unspecified atom stereocenters. The van der Waals surface area contributed by atoms with Gasteiger partial charge in [-0.05, 0) is 43.0 Å². The topological polar surface area (TPSA) is 50.4 Å². The van der Waals surface area contributed by atoms with E-state index in [1.807, 2.05) is 0 Å². The minimum Gasteiger partial charge on any atom is -0.370 e. The molecular weight excluding hydrogens is 285 g/mol. The molecule has 17 heavy (non-hydrogen) atoms. The van der Waals surface area contributed by atoms with Crippen molar-refractivity contribution >= 4 is 21.9 Å². The molecule has 1 aromatic rings. The van der Waals surface area contributed by atoms with Gasteiger partial charge in [0, 0.05) is 17.1 Å². The maximum atomic E-state index is 13.4. The molecule has 1 aliphatic rings. The molecule has 0 amide bonds. The molecule has 0 bridgehead atoms. The van der Waals surface area contributed by atoms with Crippen molar-refractivity contribution in [2.45, 2.75) is 25.3 Å². The lowest BCUT2D eigenvalue weighted by Crippen LogP contribution is -2.33. The summed E-state index contributed by atoms with van der Waals surface area (Å²) in [6, 6.07) is 5.41. The van der Waals surface area contributed by atoms with Crippen molar-refractivity contribution in [2.24, 2.45) is 10.7 Å². The summed E-state index contributed by atoms with van der Waals surface area (Å²) in [6.45, 7) is 0.499. The molecule has 3 N–H and O–H groups in total. The highest BCUT2D eigenvalue weighted by molar-refractivity contribution is 9.10. The molecule has 1 aromatic carbocycles. The van der Waals surface area contributed by atoms with E-state index in [-0.39, 0.29) is 5.82 Å². The molecule has 1 aliphatic carbocycles. The van der Waals surface area contributed by atoms with Gasteiger partial charge in [0.25, 0.3) is 0 Å². The van der Waals surface area contributed by atoms with Gasteiger partial charge in [0.05, 0.1) is 0 Å². The van der Waals surface area contributed by atoms with Crippen molar-refractivity contribution in [3.63, 3.8) is 0 Å². The van der Waals surface area contributed by atoms with E-state index in [1.54, 1.807) is 12.1 Å². The summed E-state index contributed by atoms with van der Waals surface area (Å²) in [5.74, 6) is 0.264. The smallest absolute Gasteiger partial charge is 0.188 e. The fraction of sp³-hybridized carbons (Fsp3) is 0.417. The molecule has 0 atom stereocenters. The van der Waals surface area contributed by atoms with Gasteiger partial charge in [-0.25, -0.2) is 4.39 Å². The molecule has 0 saturated heterocycles. The molecule has 92 valence electrons. The van der Waals surface area contributed by atoms with E-state index >= 15 is 0 Å². The van der Waals surface area contributed by atoms with Gasteiger partial charge in [0.15, 0.2) is 5.96 Å². The summed E-state index contributed by atoms with van der Waals surface area (Å²) in [4.78, 5) is 4.17. The first-order valence-corrected chi connectivity index (χ1v) is 6.45. The lowest BCUT2D eigenvalue weighted by atomic mass is 10.1.